The minimum Gasteiger partial charge on any atom is -0.394 e. The minimum absolute atomic E-state index is 0.103. The van der Waals surface area contributed by atoms with Crippen molar-refractivity contribution in [3.8, 4) is 0 Å². The summed E-state index contributed by atoms with van der Waals surface area (Å²) in [5.41, 5.74) is 9.95. The molecule has 1 atom stereocenters. The van der Waals surface area contributed by atoms with Crippen LogP contribution in [0.2, 0.25) is 0 Å². The number of ether oxygens (including phenoxy) is 4. The monoisotopic (exact) mass is 723 g/mol. The molecule has 282 valence electrons. The standard InChI is InChI=1S/C34H49N11O7/c1-25(2)29(24-46)41-34-43-32(38-14-18-51-21-20-49-16-12-36-30(47)26-6-4-3-5-7-26)42-33(44-34)40-28-10-8-27(9-11-28)31(48)37-13-17-50-22-23-52-19-15-39-45-35/h3-11,25,29,46H,12-24H2,1-2H3,(H,36,47)(H,37,48)(H3,38,40,41,42,43,44)/t29-/m0/s1. The molecule has 0 fully saturated rings. The minimum atomic E-state index is -0.273. The van der Waals surface area contributed by atoms with E-state index < -0.39 is 0 Å². The summed E-state index contributed by atoms with van der Waals surface area (Å²) in [7, 11) is 0. The van der Waals surface area contributed by atoms with Crippen molar-refractivity contribution in [1.82, 2.24) is 25.6 Å². The zero-order valence-corrected chi connectivity index (χ0v) is 29.6. The highest BCUT2D eigenvalue weighted by atomic mass is 16.5. The van der Waals surface area contributed by atoms with E-state index in [1.165, 1.54) is 0 Å². The second kappa shape index (κ2) is 25.0. The molecule has 3 aromatic rings. The van der Waals surface area contributed by atoms with Crippen LogP contribution >= 0.6 is 0 Å². The molecule has 1 heterocycles. The summed E-state index contributed by atoms with van der Waals surface area (Å²) in [5, 5.41) is 28.3. The number of anilines is 4. The summed E-state index contributed by atoms with van der Waals surface area (Å²) < 4.78 is 21.9. The van der Waals surface area contributed by atoms with Crippen LogP contribution in [0.1, 0.15) is 34.6 Å². The number of nitrogens with zero attached hydrogens (tertiary/aromatic N) is 6. The second-order valence-electron chi connectivity index (χ2n) is 11.4. The van der Waals surface area contributed by atoms with Crippen molar-refractivity contribution in [2.75, 3.05) is 102 Å². The predicted molar refractivity (Wildman–Crippen MR) is 196 cm³/mol. The number of hydrogen-bond donors (Lipinski definition) is 6. The van der Waals surface area contributed by atoms with Gasteiger partial charge in [0.2, 0.25) is 17.8 Å². The van der Waals surface area contributed by atoms with E-state index in [4.69, 9.17) is 24.5 Å². The van der Waals surface area contributed by atoms with E-state index in [0.29, 0.717) is 95.3 Å². The average Bonchev–Trinajstić information content (AvgIpc) is 3.15. The Kier molecular flexibility index (Phi) is 19.8. The van der Waals surface area contributed by atoms with E-state index in [0.717, 1.165) is 0 Å². The van der Waals surface area contributed by atoms with Gasteiger partial charge < -0.3 is 50.6 Å². The number of nitrogens with one attached hydrogen (secondary N) is 5. The maximum absolute atomic E-state index is 12.6. The van der Waals surface area contributed by atoms with Crippen molar-refractivity contribution in [3.05, 3.63) is 76.2 Å². The fourth-order valence-corrected chi connectivity index (χ4v) is 4.29. The van der Waals surface area contributed by atoms with Crippen LogP contribution in [0.15, 0.2) is 59.7 Å². The van der Waals surface area contributed by atoms with Gasteiger partial charge in [-0.25, -0.2) is 0 Å². The van der Waals surface area contributed by atoms with Gasteiger partial charge in [0.25, 0.3) is 11.8 Å². The third kappa shape index (κ3) is 16.7. The fourth-order valence-electron chi connectivity index (χ4n) is 4.29. The molecular formula is C34H49N11O7. The lowest BCUT2D eigenvalue weighted by Gasteiger charge is -2.20. The number of aliphatic hydroxyl groups excluding tert-OH is 1. The van der Waals surface area contributed by atoms with Crippen LogP contribution in [0, 0.1) is 5.92 Å². The largest absolute Gasteiger partial charge is 0.394 e. The first-order valence-corrected chi connectivity index (χ1v) is 17.1. The van der Waals surface area contributed by atoms with Gasteiger partial charge in [0.15, 0.2) is 0 Å². The van der Waals surface area contributed by atoms with Gasteiger partial charge in [0.05, 0.1) is 65.5 Å². The first-order chi connectivity index (χ1) is 25.4. The summed E-state index contributed by atoms with van der Waals surface area (Å²) >= 11 is 0. The highest BCUT2D eigenvalue weighted by Crippen LogP contribution is 2.18. The molecule has 1 aromatic heterocycles. The lowest BCUT2D eigenvalue weighted by Crippen LogP contribution is -2.30. The quantitative estimate of drug-likeness (QED) is 0.0287. The molecule has 0 aliphatic rings. The molecule has 2 amide bonds. The molecule has 0 spiro atoms. The lowest BCUT2D eigenvalue weighted by atomic mass is 10.1. The van der Waals surface area contributed by atoms with E-state index in [1.807, 2.05) is 32.0 Å². The summed E-state index contributed by atoms with van der Waals surface area (Å²) in [6.07, 6.45) is 0. The number of carbonyl (C=O) groups excluding carboxylic acids is 2. The maximum atomic E-state index is 12.6. The maximum Gasteiger partial charge on any atom is 0.251 e. The zero-order valence-electron chi connectivity index (χ0n) is 29.6. The van der Waals surface area contributed by atoms with Crippen molar-refractivity contribution < 1.29 is 33.6 Å². The van der Waals surface area contributed by atoms with Crippen LogP contribution in [-0.4, -0.2) is 124 Å². The van der Waals surface area contributed by atoms with Gasteiger partial charge >= 0.3 is 0 Å². The topological polar surface area (TPSA) is 239 Å². The van der Waals surface area contributed by atoms with Gasteiger partial charge in [-0.05, 0) is 47.8 Å². The Labute approximate surface area is 303 Å². The summed E-state index contributed by atoms with van der Waals surface area (Å²) in [5.74, 6) is 0.557. The number of rotatable bonds is 27. The van der Waals surface area contributed by atoms with Crippen molar-refractivity contribution in [2.45, 2.75) is 19.9 Å². The molecule has 18 heteroatoms. The third-order valence-electron chi connectivity index (χ3n) is 7.13. The van der Waals surface area contributed by atoms with Gasteiger partial charge in [0.1, 0.15) is 0 Å². The van der Waals surface area contributed by atoms with Crippen LogP contribution < -0.4 is 26.6 Å². The Hall–Kier alpha value is -5.10. The number of benzene rings is 2. The Bertz CT molecular complexity index is 1510. The highest BCUT2D eigenvalue weighted by molar-refractivity contribution is 5.94. The zero-order chi connectivity index (χ0) is 37.2. The van der Waals surface area contributed by atoms with Gasteiger partial charge in [-0.3, -0.25) is 9.59 Å². The van der Waals surface area contributed by atoms with Crippen LogP contribution in [-0.2, 0) is 18.9 Å². The molecule has 2 aromatic carbocycles. The molecule has 0 aliphatic heterocycles. The molecule has 0 radical (unpaired) electrons. The molecule has 3 rings (SSSR count). The Morgan fingerprint density at radius 1 is 0.731 bits per heavy atom. The number of aliphatic hydroxyl groups is 1. The van der Waals surface area contributed by atoms with Gasteiger partial charge in [0, 0.05) is 47.9 Å². The molecule has 0 saturated heterocycles. The normalized spacial score (nSPS) is 11.4. The number of amides is 2. The van der Waals surface area contributed by atoms with Crippen LogP contribution in [0.25, 0.3) is 10.4 Å². The fraction of sp³-hybridized carbons (Fsp3) is 0.500. The van der Waals surface area contributed by atoms with E-state index in [9.17, 15) is 14.7 Å². The highest BCUT2D eigenvalue weighted by Gasteiger charge is 2.16. The first kappa shape index (κ1) is 41.3. The summed E-state index contributed by atoms with van der Waals surface area (Å²) in [6.45, 7) is 8.12. The van der Waals surface area contributed by atoms with Gasteiger partial charge in [-0.2, -0.15) is 15.0 Å². The van der Waals surface area contributed by atoms with E-state index >= 15 is 0 Å². The molecule has 0 bridgehead atoms. The van der Waals surface area contributed by atoms with E-state index in [2.05, 4.69) is 51.6 Å². The number of aromatic nitrogens is 3. The van der Waals surface area contributed by atoms with Gasteiger partial charge in [-0.1, -0.05) is 37.2 Å². The number of azide groups is 1. The molecule has 0 aliphatic carbocycles. The van der Waals surface area contributed by atoms with Crippen molar-refractivity contribution in [3.63, 3.8) is 0 Å². The molecule has 52 heavy (non-hydrogen) atoms. The van der Waals surface area contributed by atoms with E-state index in [-0.39, 0.29) is 48.8 Å². The smallest absolute Gasteiger partial charge is 0.251 e. The molecule has 6 N–H and O–H groups in total. The van der Waals surface area contributed by atoms with Crippen molar-refractivity contribution in [1.29, 1.82) is 0 Å². The number of hydrogen-bond acceptors (Lipinski definition) is 14. The number of carbonyl (C=O) groups is 2. The Morgan fingerprint density at radius 3 is 1.85 bits per heavy atom. The second-order valence-corrected chi connectivity index (χ2v) is 11.4. The lowest BCUT2D eigenvalue weighted by molar-refractivity contribution is 0.0511. The average molecular weight is 724 g/mol. The molecule has 0 unspecified atom stereocenters. The molecule has 0 saturated carbocycles. The van der Waals surface area contributed by atoms with Crippen molar-refractivity contribution in [2.24, 2.45) is 11.0 Å². The SMILES string of the molecule is CC(C)[C@H](CO)Nc1nc(NCCOCCOCCNC(=O)c2ccccc2)nc(Nc2ccc(C(=O)NCCOCCOCCN=[N+]=[N-])cc2)n1. The predicted octanol–water partition coefficient (Wildman–Crippen LogP) is 2.99. The van der Waals surface area contributed by atoms with E-state index in [1.54, 1.807) is 36.4 Å². The van der Waals surface area contributed by atoms with Gasteiger partial charge in [-0.15, -0.1) is 0 Å². The summed E-state index contributed by atoms with van der Waals surface area (Å²) in [4.78, 5) is 40.7. The Morgan fingerprint density at radius 2 is 1.27 bits per heavy atom. The summed E-state index contributed by atoms with van der Waals surface area (Å²) in [6, 6.07) is 15.6. The molecular weight excluding hydrogens is 674 g/mol. The van der Waals surface area contributed by atoms with Crippen LogP contribution in [0.3, 0.4) is 0 Å². The van der Waals surface area contributed by atoms with Crippen LogP contribution in [0.5, 0.6) is 0 Å². The molecule has 18 nitrogen and oxygen atoms in total. The third-order valence-corrected chi connectivity index (χ3v) is 7.13. The van der Waals surface area contributed by atoms with Crippen molar-refractivity contribution >= 4 is 35.3 Å². The first-order valence-electron chi connectivity index (χ1n) is 17.1. The Balaban J connectivity index is 1.41. The van der Waals surface area contributed by atoms with Crippen LogP contribution in [0.4, 0.5) is 23.5 Å².